The summed E-state index contributed by atoms with van der Waals surface area (Å²) < 4.78 is 0. The van der Waals surface area contributed by atoms with Gasteiger partial charge in [0.05, 0.1) is 11.4 Å². The van der Waals surface area contributed by atoms with Gasteiger partial charge in [-0.15, -0.1) is 0 Å². The minimum absolute atomic E-state index is 0.0898. The predicted octanol–water partition coefficient (Wildman–Crippen LogP) is 3.66. The van der Waals surface area contributed by atoms with Gasteiger partial charge >= 0.3 is 0 Å². The number of nitrogens with zero attached hydrogens (tertiary/aromatic N) is 3. The summed E-state index contributed by atoms with van der Waals surface area (Å²) in [6.45, 7) is 9.40. The highest BCUT2D eigenvalue weighted by molar-refractivity contribution is 5.58. The number of nitrogens with one attached hydrogen (secondary N) is 1. The fourth-order valence-electron chi connectivity index (χ4n) is 1.77. The lowest BCUT2D eigenvalue weighted by Gasteiger charge is -2.18. The SMILES string of the molecule is CCCNc1cc(-c2ccccn2)nc(C(C)(C)C)n1. The van der Waals surface area contributed by atoms with Crippen LogP contribution in [0.15, 0.2) is 30.5 Å². The summed E-state index contributed by atoms with van der Waals surface area (Å²) in [4.78, 5) is 13.7. The second-order valence-electron chi connectivity index (χ2n) is 5.85. The molecular weight excluding hydrogens is 248 g/mol. The highest BCUT2D eigenvalue weighted by Crippen LogP contribution is 2.24. The third kappa shape index (κ3) is 3.53. The van der Waals surface area contributed by atoms with E-state index in [0.717, 1.165) is 36.0 Å². The van der Waals surface area contributed by atoms with Crippen molar-refractivity contribution in [3.63, 3.8) is 0 Å². The second kappa shape index (κ2) is 5.99. The topological polar surface area (TPSA) is 50.7 Å². The van der Waals surface area contributed by atoms with Gasteiger partial charge < -0.3 is 5.32 Å². The molecule has 1 N–H and O–H groups in total. The van der Waals surface area contributed by atoms with Crippen LogP contribution in [0.25, 0.3) is 11.4 Å². The van der Waals surface area contributed by atoms with E-state index in [-0.39, 0.29) is 5.41 Å². The van der Waals surface area contributed by atoms with E-state index in [0.29, 0.717) is 0 Å². The Bertz CT molecular complexity index is 558. The number of rotatable bonds is 4. The first kappa shape index (κ1) is 14.4. The highest BCUT2D eigenvalue weighted by Gasteiger charge is 2.19. The maximum atomic E-state index is 4.67. The molecule has 0 radical (unpaired) electrons. The summed E-state index contributed by atoms with van der Waals surface area (Å²) >= 11 is 0. The van der Waals surface area contributed by atoms with Crippen molar-refractivity contribution in [2.75, 3.05) is 11.9 Å². The molecule has 0 saturated heterocycles. The van der Waals surface area contributed by atoms with Gasteiger partial charge in [-0.05, 0) is 18.6 Å². The fraction of sp³-hybridized carbons (Fsp3) is 0.438. The van der Waals surface area contributed by atoms with Crippen LogP contribution < -0.4 is 5.32 Å². The maximum Gasteiger partial charge on any atom is 0.136 e. The van der Waals surface area contributed by atoms with E-state index in [1.807, 2.05) is 24.3 Å². The van der Waals surface area contributed by atoms with Crippen LogP contribution >= 0.6 is 0 Å². The highest BCUT2D eigenvalue weighted by atomic mass is 15.0. The Kier molecular flexibility index (Phi) is 4.32. The van der Waals surface area contributed by atoms with E-state index >= 15 is 0 Å². The molecule has 0 aromatic carbocycles. The Hall–Kier alpha value is -1.97. The van der Waals surface area contributed by atoms with Gasteiger partial charge in [0.25, 0.3) is 0 Å². The lowest BCUT2D eigenvalue weighted by Crippen LogP contribution is -2.18. The zero-order valence-electron chi connectivity index (χ0n) is 12.6. The number of pyridine rings is 1. The molecule has 2 heterocycles. The lowest BCUT2D eigenvalue weighted by molar-refractivity contribution is 0.546. The molecule has 2 aromatic heterocycles. The van der Waals surface area contributed by atoms with Crippen LogP contribution in [-0.4, -0.2) is 21.5 Å². The molecule has 0 aliphatic heterocycles. The van der Waals surface area contributed by atoms with E-state index in [4.69, 9.17) is 0 Å². The first-order chi connectivity index (χ1) is 9.50. The normalized spacial score (nSPS) is 11.4. The summed E-state index contributed by atoms with van der Waals surface area (Å²) in [5, 5.41) is 3.34. The lowest BCUT2D eigenvalue weighted by atomic mass is 9.95. The van der Waals surface area contributed by atoms with Gasteiger partial charge in [0.2, 0.25) is 0 Å². The van der Waals surface area contributed by atoms with E-state index in [1.165, 1.54) is 0 Å². The Labute approximate surface area is 120 Å². The van der Waals surface area contributed by atoms with Gasteiger partial charge in [0.1, 0.15) is 11.6 Å². The minimum atomic E-state index is -0.0898. The number of anilines is 1. The molecule has 20 heavy (non-hydrogen) atoms. The summed E-state index contributed by atoms with van der Waals surface area (Å²) in [7, 11) is 0. The Morgan fingerprint density at radius 1 is 1.10 bits per heavy atom. The van der Waals surface area contributed by atoms with E-state index in [1.54, 1.807) is 6.20 Å². The molecule has 0 aliphatic rings. The van der Waals surface area contributed by atoms with Gasteiger partial charge in [0.15, 0.2) is 0 Å². The molecule has 0 amide bonds. The van der Waals surface area contributed by atoms with Crippen molar-refractivity contribution >= 4 is 5.82 Å². The zero-order valence-corrected chi connectivity index (χ0v) is 12.6. The largest absolute Gasteiger partial charge is 0.370 e. The van der Waals surface area contributed by atoms with Crippen molar-refractivity contribution in [3.05, 3.63) is 36.3 Å². The van der Waals surface area contributed by atoms with Crippen molar-refractivity contribution in [2.24, 2.45) is 0 Å². The van der Waals surface area contributed by atoms with E-state index in [2.05, 4.69) is 48.0 Å². The van der Waals surface area contributed by atoms with Crippen molar-refractivity contribution in [2.45, 2.75) is 39.5 Å². The smallest absolute Gasteiger partial charge is 0.136 e. The summed E-state index contributed by atoms with van der Waals surface area (Å²) in [6, 6.07) is 7.82. The predicted molar refractivity (Wildman–Crippen MR) is 82.7 cm³/mol. The van der Waals surface area contributed by atoms with E-state index in [9.17, 15) is 0 Å². The van der Waals surface area contributed by atoms with Crippen LogP contribution in [0.2, 0.25) is 0 Å². The molecule has 2 rings (SSSR count). The Morgan fingerprint density at radius 2 is 1.90 bits per heavy atom. The van der Waals surface area contributed by atoms with Crippen LogP contribution in [0, 0.1) is 0 Å². The fourth-order valence-corrected chi connectivity index (χ4v) is 1.77. The molecular formula is C16H22N4. The molecule has 0 aliphatic carbocycles. The number of hydrogen-bond acceptors (Lipinski definition) is 4. The van der Waals surface area contributed by atoms with Gasteiger partial charge in [-0.25, -0.2) is 9.97 Å². The van der Waals surface area contributed by atoms with Crippen molar-refractivity contribution < 1.29 is 0 Å². The van der Waals surface area contributed by atoms with Crippen LogP contribution in [0.4, 0.5) is 5.82 Å². The average Bonchev–Trinajstić information content (AvgIpc) is 2.45. The summed E-state index contributed by atoms with van der Waals surface area (Å²) in [6.07, 6.45) is 2.85. The van der Waals surface area contributed by atoms with E-state index < -0.39 is 0 Å². The molecule has 0 saturated carbocycles. The molecule has 0 fully saturated rings. The second-order valence-corrected chi connectivity index (χ2v) is 5.85. The van der Waals surface area contributed by atoms with Gasteiger partial charge in [-0.2, -0.15) is 0 Å². The molecule has 0 spiro atoms. The Morgan fingerprint density at radius 3 is 2.50 bits per heavy atom. The summed E-state index contributed by atoms with van der Waals surface area (Å²) in [5.74, 6) is 1.70. The molecule has 0 unspecified atom stereocenters. The third-order valence-corrected chi connectivity index (χ3v) is 2.88. The maximum absolute atomic E-state index is 4.67. The quantitative estimate of drug-likeness (QED) is 0.921. The van der Waals surface area contributed by atoms with Crippen LogP contribution in [0.5, 0.6) is 0 Å². The van der Waals surface area contributed by atoms with Crippen molar-refractivity contribution in [3.8, 4) is 11.4 Å². The molecule has 2 aromatic rings. The first-order valence-corrected chi connectivity index (χ1v) is 7.05. The van der Waals surface area contributed by atoms with Gasteiger partial charge in [0, 0.05) is 24.2 Å². The monoisotopic (exact) mass is 270 g/mol. The first-order valence-electron chi connectivity index (χ1n) is 7.05. The summed E-state index contributed by atoms with van der Waals surface area (Å²) in [5.41, 5.74) is 1.65. The zero-order chi connectivity index (χ0) is 14.6. The molecule has 4 nitrogen and oxygen atoms in total. The molecule has 0 bridgehead atoms. The molecule has 4 heteroatoms. The van der Waals surface area contributed by atoms with Gasteiger partial charge in [-0.3, -0.25) is 4.98 Å². The van der Waals surface area contributed by atoms with Crippen molar-refractivity contribution in [1.82, 2.24) is 15.0 Å². The number of aromatic nitrogens is 3. The molecule has 106 valence electrons. The third-order valence-electron chi connectivity index (χ3n) is 2.88. The molecule has 0 atom stereocenters. The van der Waals surface area contributed by atoms with Gasteiger partial charge in [-0.1, -0.05) is 33.8 Å². The Balaban J connectivity index is 2.46. The van der Waals surface area contributed by atoms with Crippen molar-refractivity contribution in [1.29, 1.82) is 0 Å². The minimum Gasteiger partial charge on any atom is -0.370 e. The standard InChI is InChI=1S/C16H22N4/c1-5-9-18-14-11-13(12-8-6-7-10-17-12)19-15(20-14)16(2,3)4/h6-8,10-11H,5,9H2,1-4H3,(H,18,19,20). The average molecular weight is 270 g/mol. The number of hydrogen-bond donors (Lipinski definition) is 1. The van der Waals surface area contributed by atoms with Crippen LogP contribution in [0.1, 0.15) is 39.9 Å². The van der Waals surface area contributed by atoms with Crippen LogP contribution in [0.3, 0.4) is 0 Å². The van der Waals surface area contributed by atoms with Crippen LogP contribution in [-0.2, 0) is 5.41 Å².